The van der Waals surface area contributed by atoms with E-state index in [4.69, 9.17) is 19.7 Å². The minimum Gasteiger partial charge on any atom is -0.494 e. The highest BCUT2D eigenvalue weighted by molar-refractivity contribution is 5.92. The van der Waals surface area contributed by atoms with Gasteiger partial charge in [0, 0.05) is 22.8 Å². The van der Waals surface area contributed by atoms with E-state index in [9.17, 15) is 14.0 Å². The maximum absolute atomic E-state index is 14.1. The molecule has 0 atom stereocenters. The molecule has 0 fully saturated rings. The molecule has 194 valence electrons. The lowest BCUT2D eigenvalue weighted by Crippen LogP contribution is -2.23. The molecule has 3 aromatic carbocycles. The van der Waals surface area contributed by atoms with Crippen LogP contribution in [0.4, 0.5) is 4.39 Å². The van der Waals surface area contributed by atoms with Crippen LogP contribution in [0.2, 0.25) is 0 Å². The lowest BCUT2D eigenvalue weighted by molar-refractivity contribution is -0.154. The number of carbonyl (C=O) groups is 2. The Bertz CT molecular complexity index is 1380. The summed E-state index contributed by atoms with van der Waals surface area (Å²) < 4.78 is 25.5. The molecule has 8 nitrogen and oxygen atoms in total. The largest absolute Gasteiger partial charge is 0.494 e. The second-order valence-corrected chi connectivity index (χ2v) is 8.41. The van der Waals surface area contributed by atoms with E-state index >= 15 is 0 Å². The number of hydrogen-bond acceptors (Lipinski definition) is 6. The third-order valence-electron chi connectivity index (χ3n) is 5.72. The van der Waals surface area contributed by atoms with Crippen molar-refractivity contribution >= 4 is 11.9 Å². The first-order chi connectivity index (χ1) is 18.4. The highest BCUT2D eigenvalue weighted by atomic mass is 19.1. The topological polar surface area (TPSA) is 119 Å². The van der Waals surface area contributed by atoms with Crippen LogP contribution < -0.4 is 9.47 Å². The molecule has 0 aliphatic rings. The molecule has 1 heterocycles. The molecular formula is C29H25FN2O6. The van der Waals surface area contributed by atoms with Gasteiger partial charge in [0.05, 0.1) is 12.3 Å². The van der Waals surface area contributed by atoms with Crippen LogP contribution in [0, 0.1) is 11.7 Å². The normalized spacial score (nSPS) is 10.8. The molecule has 0 bridgehead atoms. The molecule has 0 radical (unpaired) electrons. The Kier molecular flexibility index (Phi) is 8.61. The van der Waals surface area contributed by atoms with E-state index in [1.807, 2.05) is 30.3 Å². The smallest absolute Gasteiger partial charge is 0.317 e. The molecule has 0 aliphatic carbocycles. The highest BCUT2D eigenvalue weighted by Gasteiger charge is 2.24. The fourth-order valence-corrected chi connectivity index (χ4v) is 3.68. The van der Waals surface area contributed by atoms with Crippen LogP contribution in [0.25, 0.3) is 22.6 Å². The number of hydrogen-bond donors (Lipinski definition) is 2. The summed E-state index contributed by atoms with van der Waals surface area (Å²) >= 11 is 0. The third-order valence-corrected chi connectivity index (χ3v) is 5.72. The maximum Gasteiger partial charge on any atom is 0.317 e. The summed E-state index contributed by atoms with van der Waals surface area (Å²) in [6.45, 7) is 0.180. The fraction of sp³-hybridized carbons (Fsp3) is 0.172. The van der Waals surface area contributed by atoms with Crippen molar-refractivity contribution < 1.29 is 33.7 Å². The van der Waals surface area contributed by atoms with Gasteiger partial charge in [-0.05, 0) is 43.2 Å². The van der Waals surface area contributed by atoms with Gasteiger partial charge >= 0.3 is 11.9 Å². The number of aliphatic carboxylic acids is 2. The van der Waals surface area contributed by atoms with Gasteiger partial charge in [-0.25, -0.2) is 9.37 Å². The van der Waals surface area contributed by atoms with E-state index in [1.165, 1.54) is 6.07 Å². The number of carboxylic acid groups (broad SMARTS) is 2. The summed E-state index contributed by atoms with van der Waals surface area (Å²) in [6.07, 6.45) is 0.245. The lowest BCUT2D eigenvalue weighted by Gasteiger charge is -2.11. The minimum absolute atomic E-state index is 0.00868. The van der Waals surface area contributed by atoms with Crippen molar-refractivity contribution in [3.8, 4) is 34.3 Å². The summed E-state index contributed by atoms with van der Waals surface area (Å²) in [4.78, 5) is 31.2. The van der Waals surface area contributed by atoms with Gasteiger partial charge in [-0.15, -0.1) is 0 Å². The molecule has 1 aromatic heterocycles. The standard InChI is InChI=1S/C29H25FN2O6/c30-24-11-5-4-9-21(24)18-38-26-17-25(19-7-2-1-3-8-19)31-27(32-26)20-12-14-22(15-13-20)37-16-6-10-23(28(33)34)29(35)36/h1-5,7-9,11-15,17,23H,6,10,16,18H2,(H,33,34)(H,35,36). The highest BCUT2D eigenvalue weighted by Crippen LogP contribution is 2.27. The van der Waals surface area contributed by atoms with Crippen LogP contribution in [0.5, 0.6) is 11.6 Å². The van der Waals surface area contributed by atoms with Crippen molar-refractivity contribution in [3.63, 3.8) is 0 Å². The predicted molar refractivity (Wildman–Crippen MR) is 137 cm³/mol. The zero-order valence-electron chi connectivity index (χ0n) is 20.3. The van der Waals surface area contributed by atoms with E-state index in [0.717, 1.165) is 5.56 Å². The Hall–Kier alpha value is -4.79. The van der Waals surface area contributed by atoms with E-state index in [1.54, 1.807) is 48.5 Å². The van der Waals surface area contributed by atoms with Gasteiger partial charge in [-0.3, -0.25) is 9.59 Å². The van der Waals surface area contributed by atoms with Gasteiger partial charge in [-0.2, -0.15) is 4.98 Å². The summed E-state index contributed by atoms with van der Waals surface area (Å²) in [7, 11) is 0. The van der Waals surface area contributed by atoms with Gasteiger partial charge in [0.2, 0.25) is 5.88 Å². The molecule has 9 heteroatoms. The molecule has 0 spiro atoms. The Morgan fingerprint density at radius 1 is 0.816 bits per heavy atom. The number of benzene rings is 3. The van der Waals surface area contributed by atoms with Crippen molar-refractivity contribution in [3.05, 3.63) is 96.3 Å². The van der Waals surface area contributed by atoms with Crippen LogP contribution >= 0.6 is 0 Å². The van der Waals surface area contributed by atoms with E-state index in [2.05, 4.69) is 9.97 Å². The lowest BCUT2D eigenvalue weighted by atomic mass is 10.0. The van der Waals surface area contributed by atoms with Crippen molar-refractivity contribution in [2.24, 2.45) is 5.92 Å². The molecule has 0 unspecified atom stereocenters. The fourth-order valence-electron chi connectivity index (χ4n) is 3.68. The molecule has 4 aromatic rings. The number of aromatic nitrogens is 2. The van der Waals surface area contributed by atoms with Gasteiger partial charge in [0.15, 0.2) is 11.7 Å². The number of ether oxygens (including phenoxy) is 2. The third kappa shape index (κ3) is 6.91. The van der Waals surface area contributed by atoms with Crippen LogP contribution in [0.1, 0.15) is 18.4 Å². The van der Waals surface area contributed by atoms with Crippen molar-refractivity contribution in [1.82, 2.24) is 9.97 Å². The first-order valence-electron chi connectivity index (χ1n) is 11.9. The number of nitrogens with zero attached hydrogens (tertiary/aromatic N) is 2. The van der Waals surface area contributed by atoms with Crippen molar-refractivity contribution in [2.75, 3.05) is 6.61 Å². The van der Waals surface area contributed by atoms with Crippen LogP contribution in [-0.2, 0) is 16.2 Å². The van der Waals surface area contributed by atoms with E-state index < -0.39 is 17.9 Å². The Morgan fingerprint density at radius 3 is 2.18 bits per heavy atom. The molecular weight excluding hydrogens is 491 g/mol. The number of halogens is 1. The quantitative estimate of drug-likeness (QED) is 0.188. The first-order valence-corrected chi connectivity index (χ1v) is 11.9. The second-order valence-electron chi connectivity index (χ2n) is 8.41. The summed E-state index contributed by atoms with van der Waals surface area (Å²) in [5.41, 5.74) is 2.62. The summed E-state index contributed by atoms with van der Waals surface area (Å²) in [5.74, 6) is -3.30. The number of rotatable bonds is 12. The Morgan fingerprint density at radius 2 is 1.50 bits per heavy atom. The van der Waals surface area contributed by atoms with Crippen molar-refractivity contribution in [1.29, 1.82) is 0 Å². The zero-order chi connectivity index (χ0) is 26.9. The zero-order valence-corrected chi connectivity index (χ0v) is 20.3. The molecule has 0 saturated heterocycles. The average molecular weight is 517 g/mol. The predicted octanol–water partition coefficient (Wildman–Crippen LogP) is 5.47. The van der Waals surface area contributed by atoms with E-state index in [0.29, 0.717) is 34.3 Å². The molecule has 0 amide bonds. The van der Waals surface area contributed by atoms with Crippen molar-refractivity contribution in [2.45, 2.75) is 19.4 Å². The molecule has 0 saturated carbocycles. The first kappa shape index (κ1) is 26.3. The number of carboxylic acids is 2. The van der Waals surface area contributed by atoms with E-state index in [-0.39, 0.29) is 31.9 Å². The molecule has 4 rings (SSSR count). The second kappa shape index (κ2) is 12.4. The van der Waals surface area contributed by atoms with Gasteiger partial charge in [0.25, 0.3) is 0 Å². The van der Waals surface area contributed by atoms with Crippen LogP contribution in [0.15, 0.2) is 84.9 Å². The summed E-state index contributed by atoms with van der Waals surface area (Å²) in [6, 6.07) is 24.6. The van der Waals surface area contributed by atoms with Gasteiger partial charge < -0.3 is 19.7 Å². The Labute approximate surface area is 218 Å². The molecule has 0 aliphatic heterocycles. The minimum atomic E-state index is -1.45. The van der Waals surface area contributed by atoms with Crippen LogP contribution in [0.3, 0.4) is 0 Å². The average Bonchev–Trinajstić information content (AvgIpc) is 2.93. The van der Waals surface area contributed by atoms with Gasteiger partial charge in [0.1, 0.15) is 18.2 Å². The monoisotopic (exact) mass is 516 g/mol. The van der Waals surface area contributed by atoms with Crippen LogP contribution in [-0.4, -0.2) is 38.7 Å². The Balaban J connectivity index is 1.49. The SMILES string of the molecule is O=C(O)C(CCCOc1ccc(-c2nc(OCc3ccccc3F)cc(-c3ccccc3)n2)cc1)C(=O)O. The molecule has 38 heavy (non-hydrogen) atoms. The van der Waals surface area contributed by atoms with Gasteiger partial charge in [-0.1, -0.05) is 48.5 Å². The molecule has 2 N–H and O–H groups in total. The summed E-state index contributed by atoms with van der Waals surface area (Å²) in [5, 5.41) is 17.9. The maximum atomic E-state index is 14.1.